The van der Waals surface area contributed by atoms with Crippen LogP contribution >= 0.6 is 0 Å². The van der Waals surface area contributed by atoms with Gasteiger partial charge in [-0.3, -0.25) is 0 Å². The summed E-state index contributed by atoms with van der Waals surface area (Å²) in [4.78, 5) is 2.74. The third-order valence-corrected chi connectivity index (χ3v) is 10.3. The number of halogens is 3. The van der Waals surface area contributed by atoms with Gasteiger partial charge in [0.05, 0.1) is 16.2 Å². The molecule has 1 N–H and O–H groups in total. The van der Waals surface area contributed by atoms with Gasteiger partial charge in [0, 0.05) is 22.4 Å². The number of para-hydroxylation sites is 1. The van der Waals surface area contributed by atoms with E-state index in [0.29, 0.717) is 25.7 Å². The van der Waals surface area contributed by atoms with E-state index in [-0.39, 0.29) is 10.7 Å². The lowest BCUT2D eigenvalue weighted by atomic mass is 9.91. The third-order valence-electron chi connectivity index (χ3n) is 6.06. The van der Waals surface area contributed by atoms with Crippen molar-refractivity contribution in [1.82, 2.24) is 4.98 Å². The zero-order valence-electron chi connectivity index (χ0n) is 18.2. The average molecular weight is 521 g/mol. The molecule has 1 aliphatic heterocycles. The van der Waals surface area contributed by atoms with Crippen LogP contribution in [0.25, 0.3) is 10.9 Å². The molecule has 0 aliphatic carbocycles. The van der Waals surface area contributed by atoms with Crippen molar-refractivity contribution in [3.8, 4) is 0 Å². The number of benzene rings is 3. The lowest BCUT2D eigenvalue weighted by Crippen LogP contribution is -2.43. The number of hydrogen-bond acceptors (Lipinski definition) is 4. The van der Waals surface area contributed by atoms with E-state index < -0.39 is 43.5 Å². The number of rotatable bonds is 3. The summed E-state index contributed by atoms with van der Waals surface area (Å²) in [6.07, 6.45) is -4.54. The number of aromatic nitrogens is 1. The van der Waals surface area contributed by atoms with Crippen molar-refractivity contribution >= 4 is 36.8 Å². The Morgan fingerprint density at radius 3 is 2.20 bits per heavy atom. The minimum Gasteiger partial charge on any atom is -0.339 e. The molecule has 1 aromatic heterocycles. The molecule has 0 saturated heterocycles. The number of nitrogens with one attached hydrogen (secondary N) is 1. The van der Waals surface area contributed by atoms with Crippen molar-refractivity contribution in [2.24, 2.45) is 0 Å². The van der Waals surface area contributed by atoms with Crippen molar-refractivity contribution in [3.63, 3.8) is 0 Å². The Balaban J connectivity index is 1.74. The van der Waals surface area contributed by atoms with Gasteiger partial charge in [0.15, 0.2) is 0 Å². The fourth-order valence-electron chi connectivity index (χ4n) is 4.39. The van der Waals surface area contributed by atoms with Crippen LogP contribution in [0.3, 0.4) is 0 Å². The van der Waals surface area contributed by atoms with E-state index in [2.05, 4.69) is 4.98 Å². The monoisotopic (exact) mass is 520 g/mol. The summed E-state index contributed by atoms with van der Waals surface area (Å²) in [6.45, 7) is 1.78. The molecule has 5 rings (SSSR count). The van der Waals surface area contributed by atoms with E-state index in [1.165, 1.54) is 24.3 Å². The summed E-state index contributed by atoms with van der Waals surface area (Å²) in [6, 6.07) is 16.9. The zero-order valence-corrected chi connectivity index (χ0v) is 19.9. The molecule has 1 atom stereocenters. The number of nitrogens with zero attached hydrogens (tertiary/aromatic N) is 1. The second-order valence-electron chi connectivity index (χ2n) is 8.40. The van der Waals surface area contributed by atoms with E-state index in [1.54, 1.807) is 43.3 Å². The second kappa shape index (κ2) is 7.85. The fourth-order valence-corrected chi connectivity index (χ4v) is 8.42. The summed E-state index contributed by atoms with van der Waals surface area (Å²) >= 11 is 0. The van der Waals surface area contributed by atoms with Gasteiger partial charge in [-0.15, -0.1) is 3.71 Å². The SMILES string of the molecule is Cc1ccc(S(=O)(=O)N2c3[nH]c4ccccc4c3C(c3ccc(C(F)(F)F)cc3)CS2(=O)=O)cc1. The summed E-state index contributed by atoms with van der Waals surface area (Å²) in [5.74, 6) is -1.64. The first-order valence-corrected chi connectivity index (χ1v) is 13.6. The lowest BCUT2D eigenvalue weighted by molar-refractivity contribution is -0.137. The average Bonchev–Trinajstić information content (AvgIpc) is 3.16. The summed E-state index contributed by atoms with van der Waals surface area (Å²) in [5.41, 5.74) is 1.18. The standard InChI is InChI=1S/C24H19F3N2O4S2/c1-15-6-12-18(13-7-15)35(32,33)29-23-22(19-4-2-3-5-21(19)28-23)20(14-34(29,30)31)16-8-10-17(11-9-16)24(25,26)27/h2-13,20,28H,14H2,1H3. The maximum absolute atomic E-state index is 13.6. The van der Waals surface area contributed by atoms with E-state index in [4.69, 9.17) is 0 Å². The van der Waals surface area contributed by atoms with Crippen LogP contribution in [0.1, 0.15) is 28.2 Å². The van der Waals surface area contributed by atoms with Gasteiger partial charge in [-0.2, -0.15) is 21.6 Å². The molecule has 3 aromatic carbocycles. The van der Waals surface area contributed by atoms with Gasteiger partial charge in [-0.05, 0) is 42.8 Å². The number of fused-ring (bicyclic) bond motifs is 3. The van der Waals surface area contributed by atoms with Crippen molar-refractivity contribution in [1.29, 1.82) is 0 Å². The van der Waals surface area contributed by atoms with Crippen molar-refractivity contribution in [3.05, 3.63) is 95.1 Å². The molecule has 11 heteroatoms. The molecule has 0 bridgehead atoms. The quantitative estimate of drug-likeness (QED) is 0.404. The Bertz CT molecular complexity index is 1640. The number of alkyl halides is 3. The molecule has 35 heavy (non-hydrogen) atoms. The Kier molecular flexibility index (Phi) is 5.26. The van der Waals surface area contributed by atoms with Gasteiger partial charge < -0.3 is 4.98 Å². The molecule has 4 aromatic rings. The highest BCUT2D eigenvalue weighted by molar-refractivity contribution is 8.10. The van der Waals surface area contributed by atoms with E-state index in [9.17, 15) is 30.0 Å². The van der Waals surface area contributed by atoms with Crippen LogP contribution in [0, 0.1) is 6.92 Å². The minimum atomic E-state index is -4.54. The van der Waals surface area contributed by atoms with Crippen LogP contribution in [0.4, 0.5) is 19.0 Å². The largest absolute Gasteiger partial charge is 0.416 e. The number of aryl methyl sites for hydroxylation is 1. The first-order valence-electron chi connectivity index (χ1n) is 10.5. The van der Waals surface area contributed by atoms with Crippen LogP contribution in [0.15, 0.2) is 77.7 Å². The van der Waals surface area contributed by atoms with E-state index in [1.807, 2.05) is 0 Å². The highest BCUT2D eigenvalue weighted by Gasteiger charge is 2.46. The molecule has 182 valence electrons. The molecular formula is C24H19F3N2O4S2. The molecule has 6 nitrogen and oxygen atoms in total. The van der Waals surface area contributed by atoms with Crippen LogP contribution in [-0.2, 0) is 26.2 Å². The molecule has 0 saturated carbocycles. The summed E-state index contributed by atoms with van der Waals surface area (Å²) < 4.78 is 93.7. The lowest BCUT2D eigenvalue weighted by Gasteiger charge is -2.32. The van der Waals surface area contributed by atoms with Gasteiger partial charge in [0.1, 0.15) is 5.82 Å². The van der Waals surface area contributed by atoms with E-state index >= 15 is 0 Å². The summed E-state index contributed by atoms with van der Waals surface area (Å²) in [7, 11) is -8.96. The van der Waals surface area contributed by atoms with E-state index in [0.717, 1.165) is 17.7 Å². The number of sulfonamides is 2. The highest BCUT2D eigenvalue weighted by atomic mass is 32.3. The Morgan fingerprint density at radius 2 is 1.57 bits per heavy atom. The highest BCUT2D eigenvalue weighted by Crippen LogP contribution is 2.46. The normalized spacial score (nSPS) is 17.9. The number of hydrogen-bond donors (Lipinski definition) is 1. The van der Waals surface area contributed by atoms with Crippen LogP contribution in [-0.4, -0.2) is 27.6 Å². The molecule has 0 spiro atoms. The maximum atomic E-state index is 13.6. The maximum Gasteiger partial charge on any atom is 0.416 e. The molecule has 0 amide bonds. The molecule has 0 radical (unpaired) electrons. The minimum absolute atomic E-state index is 0.136. The fraction of sp³-hybridized carbons (Fsp3) is 0.167. The van der Waals surface area contributed by atoms with Crippen LogP contribution in [0.5, 0.6) is 0 Å². The van der Waals surface area contributed by atoms with Crippen molar-refractivity contribution in [2.45, 2.75) is 23.9 Å². The Hall–Kier alpha value is -3.31. The first-order chi connectivity index (χ1) is 16.4. The molecular weight excluding hydrogens is 501 g/mol. The van der Waals surface area contributed by atoms with Gasteiger partial charge in [-0.1, -0.05) is 48.0 Å². The van der Waals surface area contributed by atoms with Gasteiger partial charge in [0.2, 0.25) is 0 Å². The predicted molar refractivity (Wildman–Crippen MR) is 126 cm³/mol. The first kappa shape index (κ1) is 23.4. The number of H-pyrrole nitrogens is 1. The molecule has 2 heterocycles. The molecule has 0 fully saturated rings. The molecule has 1 aliphatic rings. The Morgan fingerprint density at radius 1 is 0.943 bits per heavy atom. The van der Waals surface area contributed by atoms with Gasteiger partial charge in [0.25, 0.3) is 20.0 Å². The number of anilines is 1. The number of aromatic amines is 1. The van der Waals surface area contributed by atoms with Gasteiger partial charge in [-0.25, -0.2) is 8.42 Å². The second-order valence-corrected chi connectivity index (χ2v) is 12.3. The van der Waals surface area contributed by atoms with Crippen LogP contribution in [0.2, 0.25) is 0 Å². The topological polar surface area (TPSA) is 87.3 Å². The predicted octanol–water partition coefficient (Wildman–Crippen LogP) is 5.17. The third kappa shape index (κ3) is 3.88. The van der Waals surface area contributed by atoms with Crippen LogP contribution < -0.4 is 3.71 Å². The smallest absolute Gasteiger partial charge is 0.339 e. The van der Waals surface area contributed by atoms with Gasteiger partial charge >= 0.3 is 6.18 Å². The molecule has 1 unspecified atom stereocenters. The van der Waals surface area contributed by atoms with Crippen molar-refractivity contribution in [2.75, 3.05) is 9.46 Å². The van der Waals surface area contributed by atoms with Crippen molar-refractivity contribution < 1.29 is 30.0 Å². The summed E-state index contributed by atoms with van der Waals surface area (Å²) in [5, 5.41) is 0.589. The zero-order chi connectivity index (χ0) is 25.2. The Labute approximate surface area is 200 Å².